The molecule has 0 radical (unpaired) electrons. The van der Waals surface area contributed by atoms with E-state index in [9.17, 15) is 0 Å². The largest absolute Gasteiger partial charge is 0.493 e. The third-order valence-corrected chi connectivity index (χ3v) is 5.53. The maximum Gasteiger partial charge on any atom is 0.206 e. The van der Waals surface area contributed by atoms with Crippen LogP contribution in [-0.2, 0) is 6.42 Å². The second-order valence-electron chi connectivity index (χ2n) is 6.67. The second-order valence-corrected chi connectivity index (χ2v) is 7.51. The molecule has 0 bridgehead atoms. The SMILES string of the molecule is COc1ccc(C=Nn2c(-c3ccco3)csc2=NCCc2ccccc2)cc1OC. The van der Waals surface area contributed by atoms with Crippen LogP contribution in [0, 0.1) is 0 Å². The van der Waals surface area contributed by atoms with E-state index in [0.717, 1.165) is 28.2 Å². The van der Waals surface area contributed by atoms with E-state index in [1.54, 1.807) is 26.7 Å². The normalized spacial score (nSPS) is 11.9. The molecule has 31 heavy (non-hydrogen) atoms. The van der Waals surface area contributed by atoms with Gasteiger partial charge in [-0.25, -0.2) is 4.68 Å². The Bertz CT molecular complexity index is 1210. The van der Waals surface area contributed by atoms with E-state index in [1.807, 2.05) is 58.6 Å². The molecule has 6 nitrogen and oxygen atoms in total. The lowest BCUT2D eigenvalue weighted by molar-refractivity contribution is 0.355. The summed E-state index contributed by atoms with van der Waals surface area (Å²) in [5.74, 6) is 2.07. The summed E-state index contributed by atoms with van der Waals surface area (Å²) in [7, 11) is 3.23. The minimum absolute atomic E-state index is 0.654. The highest BCUT2D eigenvalue weighted by atomic mass is 32.1. The lowest BCUT2D eigenvalue weighted by Gasteiger charge is -2.07. The van der Waals surface area contributed by atoms with Gasteiger partial charge in [-0.15, -0.1) is 11.3 Å². The van der Waals surface area contributed by atoms with Crippen molar-refractivity contribution in [3.05, 3.63) is 88.2 Å². The topological polar surface area (TPSA) is 61.2 Å². The molecule has 0 N–H and O–H groups in total. The lowest BCUT2D eigenvalue weighted by Crippen LogP contribution is -2.13. The minimum atomic E-state index is 0.654. The van der Waals surface area contributed by atoms with Crippen LogP contribution in [0.2, 0.25) is 0 Å². The van der Waals surface area contributed by atoms with Crippen molar-refractivity contribution in [3.63, 3.8) is 0 Å². The quantitative estimate of drug-likeness (QED) is 0.373. The van der Waals surface area contributed by atoms with Crippen molar-refractivity contribution in [1.29, 1.82) is 0 Å². The predicted octanol–water partition coefficient (Wildman–Crippen LogP) is 4.85. The molecule has 0 saturated heterocycles. The Hall–Kier alpha value is -3.58. The zero-order valence-electron chi connectivity index (χ0n) is 17.4. The number of hydrogen-bond donors (Lipinski definition) is 0. The Kier molecular flexibility index (Phi) is 6.64. The number of nitrogens with zero attached hydrogens (tertiary/aromatic N) is 3. The average molecular weight is 434 g/mol. The van der Waals surface area contributed by atoms with Gasteiger partial charge >= 0.3 is 0 Å². The summed E-state index contributed by atoms with van der Waals surface area (Å²) in [5, 5.41) is 6.71. The number of ether oxygens (including phenoxy) is 2. The van der Waals surface area contributed by atoms with Crippen LogP contribution in [0.4, 0.5) is 0 Å². The Morgan fingerprint density at radius 2 is 1.84 bits per heavy atom. The van der Waals surface area contributed by atoms with Crippen LogP contribution >= 0.6 is 11.3 Å². The first-order valence-corrected chi connectivity index (χ1v) is 10.7. The van der Waals surface area contributed by atoms with Crippen LogP contribution < -0.4 is 14.3 Å². The van der Waals surface area contributed by atoms with Crippen molar-refractivity contribution >= 4 is 17.6 Å². The zero-order chi connectivity index (χ0) is 21.5. The van der Waals surface area contributed by atoms with Crippen molar-refractivity contribution in [2.75, 3.05) is 20.8 Å². The number of thiazole rings is 1. The van der Waals surface area contributed by atoms with E-state index >= 15 is 0 Å². The molecular formula is C24H23N3O3S. The fraction of sp³-hybridized carbons (Fsp3) is 0.167. The van der Waals surface area contributed by atoms with Crippen LogP contribution in [0.5, 0.6) is 11.5 Å². The Morgan fingerprint density at radius 1 is 1.00 bits per heavy atom. The van der Waals surface area contributed by atoms with Crippen molar-refractivity contribution in [2.45, 2.75) is 6.42 Å². The van der Waals surface area contributed by atoms with Gasteiger partial charge in [0.25, 0.3) is 0 Å². The molecule has 0 saturated carbocycles. The van der Waals surface area contributed by atoms with Gasteiger partial charge < -0.3 is 13.9 Å². The number of aromatic nitrogens is 1. The molecular weight excluding hydrogens is 410 g/mol. The minimum Gasteiger partial charge on any atom is -0.493 e. The lowest BCUT2D eigenvalue weighted by atomic mass is 10.2. The summed E-state index contributed by atoms with van der Waals surface area (Å²) in [6.07, 6.45) is 4.30. The summed E-state index contributed by atoms with van der Waals surface area (Å²) in [4.78, 5) is 5.59. The van der Waals surface area contributed by atoms with Crippen molar-refractivity contribution in [1.82, 2.24) is 4.68 Å². The highest BCUT2D eigenvalue weighted by molar-refractivity contribution is 7.07. The average Bonchev–Trinajstić information content (AvgIpc) is 3.48. The fourth-order valence-electron chi connectivity index (χ4n) is 3.10. The highest BCUT2D eigenvalue weighted by Crippen LogP contribution is 2.27. The van der Waals surface area contributed by atoms with Gasteiger partial charge in [0.1, 0.15) is 5.69 Å². The van der Waals surface area contributed by atoms with E-state index in [1.165, 1.54) is 16.9 Å². The summed E-state index contributed by atoms with van der Waals surface area (Å²) >= 11 is 1.54. The highest BCUT2D eigenvalue weighted by Gasteiger charge is 2.10. The van der Waals surface area contributed by atoms with Crippen molar-refractivity contribution in [2.24, 2.45) is 10.1 Å². The molecule has 2 aromatic carbocycles. The zero-order valence-corrected chi connectivity index (χ0v) is 18.2. The molecule has 0 spiro atoms. The van der Waals surface area contributed by atoms with Gasteiger partial charge in [-0.1, -0.05) is 30.3 Å². The van der Waals surface area contributed by atoms with E-state index < -0.39 is 0 Å². The van der Waals surface area contributed by atoms with E-state index in [0.29, 0.717) is 18.0 Å². The van der Waals surface area contributed by atoms with E-state index in [-0.39, 0.29) is 0 Å². The fourth-order valence-corrected chi connectivity index (χ4v) is 3.94. The number of methoxy groups -OCH3 is 2. The molecule has 4 aromatic rings. The molecule has 2 aromatic heterocycles. The predicted molar refractivity (Wildman–Crippen MR) is 123 cm³/mol. The van der Waals surface area contributed by atoms with Gasteiger partial charge in [-0.3, -0.25) is 4.99 Å². The summed E-state index contributed by atoms with van der Waals surface area (Å²) in [6.45, 7) is 0.675. The molecule has 0 fully saturated rings. The van der Waals surface area contributed by atoms with Crippen molar-refractivity contribution in [3.8, 4) is 23.0 Å². The van der Waals surface area contributed by atoms with E-state index in [2.05, 4.69) is 12.1 Å². The Morgan fingerprint density at radius 3 is 2.58 bits per heavy atom. The number of hydrogen-bond acceptors (Lipinski definition) is 6. The monoisotopic (exact) mass is 433 g/mol. The van der Waals surface area contributed by atoms with Crippen molar-refractivity contribution < 1.29 is 13.9 Å². The Labute approximate surface area is 184 Å². The molecule has 2 heterocycles. The van der Waals surface area contributed by atoms with Gasteiger partial charge in [0.15, 0.2) is 17.3 Å². The summed E-state index contributed by atoms with van der Waals surface area (Å²) in [5.41, 5.74) is 3.00. The number of furan rings is 1. The van der Waals surface area contributed by atoms with Crippen LogP contribution in [0.25, 0.3) is 11.5 Å². The third kappa shape index (κ3) is 4.95. The van der Waals surface area contributed by atoms with Gasteiger partial charge in [-0.05, 0) is 47.9 Å². The molecule has 0 atom stereocenters. The van der Waals surface area contributed by atoms with Gasteiger partial charge in [0.2, 0.25) is 4.80 Å². The standard InChI is InChI=1S/C24H23N3O3S/c1-28-22-11-10-19(15-23(22)29-2)16-26-27-20(21-9-6-14-30-21)17-31-24(27)25-13-12-18-7-4-3-5-8-18/h3-11,14-17H,12-13H2,1-2H3. The third-order valence-electron chi connectivity index (χ3n) is 4.68. The van der Waals surface area contributed by atoms with Crippen LogP contribution in [0.3, 0.4) is 0 Å². The van der Waals surface area contributed by atoms with Crippen LogP contribution in [-0.4, -0.2) is 31.7 Å². The number of rotatable bonds is 8. The molecule has 0 aliphatic rings. The molecule has 0 amide bonds. The first-order chi connectivity index (χ1) is 15.3. The molecule has 0 aliphatic carbocycles. The number of benzene rings is 2. The molecule has 158 valence electrons. The van der Waals surface area contributed by atoms with Crippen LogP contribution in [0.1, 0.15) is 11.1 Å². The van der Waals surface area contributed by atoms with Gasteiger partial charge in [-0.2, -0.15) is 5.10 Å². The first kappa shape index (κ1) is 20.7. The molecule has 7 heteroatoms. The van der Waals surface area contributed by atoms with Gasteiger partial charge in [0.05, 0.1) is 26.7 Å². The maximum atomic E-state index is 5.60. The maximum absolute atomic E-state index is 5.60. The molecule has 4 rings (SSSR count). The summed E-state index contributed by atoms with van der Waals surface area (Å²) < 4.78 is 18.1. The Balaban J connectivity index is 1.65. The molecule has 0 aliphatic heterocycles. The van der Waals surface area contributed by atoms with E-state index in [4.69, 9.17) is 24.0 Å². The smallest absolute Gasteiger partial charge is 0.206 e. The summed E-state index contributed by atoms with van der Waals surface area (Å²) in [6, 6.07) is 19.8. The van der Waals surface area contributed by atoms with Crippen LogP contribution in [0.15, 0.2) is 86.8 Å². The first-order valence-electron chi connectivity index (χ1n) is 9.83. The molecule has 0 unspecified atom stereocenters. The van der Waals surface area contributed by atoms with Gasteiger partial charge in [0, 0.05) is 11.9 Å². The second kappa shape index (κ2) is 9.95.